The molecule has 0 saturated heterocycles. The molecule has 0 amide bonds. The number of aromatic nitrogens is 2. The molecule has 0 atom stereocenters. The summed E-state index contributed by atoms with van der Waals surface area (Å²) >= 11 is 11.5. The first-order chi connectivity index (χ1) is 9.56. The van der Waals surface area contributed by atoms with Gasteiger partial charge in [-0.1, -0.05) is 37.6 Å². The number of aromatic amines is 1. The van der Waals surface area contributed by atoms with E-state index in [1.165, 1.54) is 5.56 Å². The number of halogens is 1. The van der Waals surface area contributed by atoms with Gasteiger partial charge in [0.2, 0.25) is 0 Å². The molecule has 1 heterocycles. The summed E-state index contributed by atoms with van der Waals surface area (Å²) in [7, 11) is 0. The lowest BCUT2D eigenvalue weighted by Crippen LogP contribution is -1.95. The smallest absolute Gasteiger partial charge is 0.182 e. The molecule has 0 unspecified atom stereocenters. The van der Waals surface area contributed by atoms with Gasteiger partial charge in [-0.15, -0.1) is 0 Å². The van der Waals surface area contributed by atoms with Gasteiger partial charge in [0, 0.05) is 10.7 Å². The molecule has 2 nitrogen and oxygen atoms in total. The van der Waals surface area contributed by atoms with Crippen molar-refractivity contribution in [3.63, 3.8) is 0 Å². The highest BCUT2D eigenvalue weighted by molar-refractivity contribution is 7.71. The topological polar surface area (TPSA) is 20.7 Å². The normalized spacial score (nSPS) is 11.4. The van der Waals surface area contributed by atoms with Crippen LogP contribution in [0, 0.1) is 4.77 Å². The van der Waals surface area contributed by atoms with E-state index >= 15 is 0 Å². The Morgan fingerprint density at radius 2 is 1.80 bits per heavy atom. The van der Waals surface area contributed by atoms with Crippen LogP contribution in [0.25, 0.3) is 16.7 Å². The predicted molar refractivity (Wildman–Crippen MR) is 87.6 cm³/mol. The van der Waals surface area contributed by atoms with Crippen LogP contribution in [0.1, 0.15) is 25.3 Å². The van der Waals surface area contributed by atoms with Gasteiger partial charge >= 0.3 is 0 Å². The van der Waals surface area contributed by atoms with Crippen LogP contribution in [-0.2, 0) is 0 Å². The zero-order valence-corrected chi connectivity index (χ0v) is 12.9. The third-order valence-corrected chi connectivity index (χ3v) is 3.98. The molecule has 4 heteroatoms. The van der Waals surface area contributed by atoms with Gasteiger partial charge in [-0.3, -0.25) is 4.57 Å². The van der Waals surface area contributed by atoms with Crippen molar-refractivity contribution in [3.05, 3.63) is 57.8 Å². The summed E-state index contributed by atoms with van der Waals surface area (Å²) in [5.41, 5.74) is 4.36. The maximum atomic E-state index is 6.09. The van der Waals surface area contributed by atoms with Crippen LogP contribution in [-0.4, -0.2) is 9.55 Å². The Labute approximate surface area is 128 Å². The lowest BCUT2D eigenvalue weighted by molar-refractivity contribution is 0.865. The standard InChI is InChI=1S/C16H15ClN2S/c1-10(2)11-3-6-13(7-4-11)19-15-9-12(17)5-8-14(15)18-16(19)20/h3-10H,1-2H3,(H,18,20). The molecule has 3 rings (SSSR count). The van der Waals surface area contributed by atoms with Crippen LogP contribution < -0.4 is 0 Å². The number of H-pyrrole nitrogens is 1. The Morgan fingerprint density at radius 1 is 1.10 bits per heavy atom. The fourth-order valence-electron chi connectivity index (χ4n) is 2.34. The summed E-state index contributed by atoms with van der Waals surface area (Å²) in [5, 5.41) is 0.707. The van der Waals surface area contributed by atoms with Crippen molar-refractivity contribution in [1.29, 1.82) is 0 Å². The summed E-state index contributed by atoms with van der Waals surface area (Å²) in [5.74, 6) is 0.523. The Balaban J connectivity index is 2.21. The van der Waals surface area contributed by atoms with Crippen molar-refractivity contribution < 1.29 is 0 Å². The van der Waals surface area contributed by atoms with Crippen LogP contribution >= 0.6 is 23.8 Å². The Bertz CT molecular complexity index is 813. The molecule has 0 aliphatic rings. The molecule has 0 bridgehead atoms. The monoisotopic (exact) mass is 302 g/mol. The first-order valence-electron chi connectivity index (χ1n) is 6.57. The van der Waals surface area contributed by atoms with Gasteiger partial charge in [-0.2, -0.15) is 0 Å². The number of hydrogen-bond acceptors (Lipinski definition) is 1. The highest BCUT2D eigenvalue weighted by Crippen LogP contribution is 2.24. The van der Waals surface area contributed by atoms with E-state index in [1.807, 2.05) is 22.8 Å². The lowest BCUT2D eigenvalue weighted by atomic mass is 10.0. The zero-order chi connectivity index (χ0) is 14.3. The number of fused-ring (bicyclic) bond motifs is 1. The maximum absolute atomic E-state index is 6.09. The Kier molecular flexibility index (Phi) is 3.40. The molecule has 0 fully saturated rings. The van der Waals surface area contributed by atoms with Crippen molar-refractivity contribution in [2.24, 2.45) is 0 Å². The highest BCUT2D eigenvalue weighted by atomic mass is 35.5. The molecule has 102 valence electrons. The van der Waals surface area contributed by atoms with Gasteiger partial charge in [-0.05, 0) is 54.0 Å². The van der Waals surface area contributed by atoms with Crippen molar-refractivity contribution in [2.45, 2.75) is 19.8 Å². The Hall–Kier alpha value is -1.58. The van der Waals surface area contributed by atoms with E-state index in [0.29, 0.717) is 15.7 Å². The SMILES string of the molecule is CC(C)c1ccc(-n2c(=S)[nH]c3ccc(Cl)cc32)cc1. The van der Waals surface area contributed by atoms with E-state index in [9.17, 15) is 0 Å². The minimum Gasteiger partial charge on any atom is -0.330 e. The number of nitrogens with zero attached hydrogens (tertiary/aromatic N) is 1. The van der Waals surface area contributed by atoms with Gasteiger partial charge in [0.15, 0.2) is 4.77 Å². The summed E-state index contributed by atoms with van der Waals surface area (Å²) < 4.78 is 2.69. The molecule has 0 aliphatic heterocycles. The Morgan fingerprint density at radius 3 is 2.45 bits per heavy atom. The number of rotatable bonds is 2. The molecular formula is C16H15ClN2S. The second kappa shape index (κ2) is 5.08. The van der Waals surface area contributed by atoms with E-state index in [2.05, 4.69) is 43.1 Å². The van der Waals surface area contributed by atoms with Crippen LogP contribution in [0.3, 0.4) is 0 Å². The number of nitrogens with one attached hydrogen (secondary N) is 1. The van der Waals surface area contributed by atoms with Gasteiger partial charge < -0.3 is 4.98 Å². The number of imidazole rings is 1. The van der Waals surface area contributed by atoms with Gasteiger partial charge in [0.1, 0.15) is 0 Å². The van der Waals surface area contributed by atoms with E-state index in [1.54, 1.807) is 0 Å². The summed E-state index contributed by atoms with van der Waals surface area (Å²) in [6.07, 6.45) is 0. The molecule has 1 aromatic heterocycles. The fraction of sp³-hybridized carbons (Fsp3) is 0.188. The lowest BCUT2D eigenvalue weighted by Gasteiger charge is -2.08. The molecule has 1 N–H and O–H groups in total. The van der Waals surface area contributed by atoms with Crippen LogP contribution in [0.5, 0.6) is 0 Å². The van der Waals surface area contributed by atoms with Crippen molar-refractivity contribution >= 4 is 34.9 Å². The molecule has 2 aromatic carbocycles. The molecule has 0 saturated carbocycles. The van der Waals surface area contributed by atoms with Crippen LogP contribution in [0.2, 0.25) is 5.02 Å². The minimum absolute atomic E-state index is 0.523. The zero-order valence-electron chi connectivity index (χ0n) is 11.4. The van der Waals surface area contributed by atoms with Gasteiger partial charge in [-0.25, -0.2) is 0 Å². The molecule has 0 radical (unpaired) electrons. The van der Waals surface area contributed by atoms with Crippen molar-refractivity contribution in [1.82, 2.24) is 9.55 Å². The maximum Gasteiger partial charge on any atom is 0.182 e. The summed E-state index contributed by atoms with van der Waals surface area (Å²) in [6.45, 7) is 4.37. The third kappa shape index (κ3) is 2.28. The average Bonchev–Trinajstić information content (AvgIpc) is 2.74. The minimum atomic E-state index is 0.523. The van der Waals surface area contributed by atoms with Crippen molar-refractivity contribution in [3.8, 4) is 5.69 Å². The van der Waals surface area contributed by atoms with Gasteiger partial charge in [0.05, 0.1) is 11.0 Å². The second-order valence-corrected chi connectivity index (χ2v) is 6.00. The first kappa shape index (κ1) is 13.4. The van der Waals surface area contributed by atoms with Gasteiger partial charge in [0.25, 0.3) is 0 Å². The number of benzene rings is 2. The molecule has 0 spiro atoms. The van der Waals surface area contributed by atoms with E-state index < -0.39 is 0 Å². The third-order valence-electron chi connectivity index (χ3n) is 3.46. The fourth-order valence-corrected chi connectivity index (χ4v) is 2.82. The molecule has 3 aromatic rings. The average molecular weight is 303 g/mol. The molecular weight excluding hydrogens is 288 g/mol. The largest absolute Gasteiger partial charge is 0.330 e. The highest BCUT2D eigenvalue weighted by Gasteiger charge is 2.07. The van der Waals surface area contributed by atoms with E-state index in [-0.39, 0.29) is 0 Å². The van der Waals surface area contributed by atoms with Crippen molar-refractivity contribution in [2.75, 3.05) is 0 Å². The first-order valence-corrected chi connectivity index (χ1v) is 7.35. The van der Waals surface area contributed by atoms with Crippen LogP contribution in [0.4, 0.5) is 0 Å². The quantitative estimate of drug-likeness (QED) is 0.623. The molecule has 0 aliphatic carbocycles. The summed E-state index contributed by atoms with van der Waals surface area (Å²) in [6, 6.07) is 14.2. The second-order valence-electron chi connectivity index (χ2n) is 5.17. The predicted octanol–water partition coefficient (Wildman–Crippen LogP) is 5.46. The molecule has 20 heavy (non-hydrogen) atoms. The summed E-state index contributed by atoms with van der Waals surface area (Å²) in [4.78, 5) is 3.21. The van der Waals surface area contributed by atoms with E-state index in [0.717, 1.165) is 16.7 Å². The van der Waals surface area contributed by atoms with Crippen LogP contribution in [0.15, 0.2) is 42.5 Å². The number of hydrogen-bond donors (Lipinski definition) is 1. The van der Waals surface area contributed by atoms with E-state index in [4.69, 9.17) is 23.8 Å².